The van der Waals surface area contributed by atoms with Crippen molar-refractivity contribution in [3.8, 4) is 0 Å². The van der Waals surface area contributed by atoms with Gasteiger partial charge in [-0.25, -0.2) is 0 Å². The molecule has 1 saturated heterocycles. The van der Waals surface area contributed by atoms with Crippen LogP contribution in [0, 0.1) is 6.92 Å². The molecule has 2 aliphatic heterocycles. The molecule has 0 saturated carbocycles. The maximum atomic E-state index is 12.6. The second-order valence-electron chi connectivity index (χ2n) is 8.62. The van der Waals surface area contributed by atoms with Gasteiger partial charge in [0.1, 0.15) is 5.65 Å². The van der Waals surface area contributed by atoms with E-state index in [1.165, 1.54) is 0 Å². The maximum absolute atomic E-state index is 12.6. The van der Waals surface area contributed by atoms with Crippen molar-refractivity contribution >= 4 is 35.0 Å². The van der Waals surface area contributed by atoms with Crippen LogP contribution in [0.15, 0.2) is 46.1 Å². The lowest BCUT2D eigenvalue weighted by Gasteiger charge is -2.34. The van der Waals surface area contributed by atoms with Crippen molar-refractivity contribution in [1.29, 1.82) is 0 Å². The van der Waals surface area contributed by atoms with Gasteiger partial charge in [-0.2, -0.15) is 0 Å². The van der Waals surface area contributed by atoms with Gasteiger partial charge in [-0.05, 0) is 56.6 Å². The van der Waals surface area contributed by atoms with Gasteiger partial charge in [-0.15, -0.1) is 12.4 Å². The largest absolute Gasteiger partial charge is 0.310 e. The molecule has 5 rings (SSSR count). The lowest BCUT2D eigenvalue weighted by atomic mass is 10.0. The zero-order chi connectivity index (χ0) is 21.5. The highest BCUT2D eigenvalue weighted by Crippen LogP contribution is 2.25. The number of rotatable bonds is 5. The van der Waals surface area contributed by atoms with E-state index in [1.54, 1.807) is 28.8 Å². The summed E-state index contributed by atoms with van der Waals surface area (Å²) in [6, 6.07) is 9.23. The Kier molecular flexibility index (Phi) is 6.72. The molecule has 170 valence electrons. The van der Waals surface area contributed by atoms with E-state index in [0.29, 0.717) is 17.6 Å². The summed E-state index contributed by atoms with van der Waals surface area (Å²) in [5, 5.41) is 5.26. The van der Waals surface area contributed by atoms with Crippen LogP contribution in [-0.2, 0) is 13.1 Å². The molecule has 0 amide bonds. The van der Waals surface area contributed by atoms with Crippen molar-refractivity contribution in [1.82, 2.24) is 24.3 Å². The Morgan fingerprint density at radius 2 is 1.84 bits per heavy atom. The van der Waals surface area contributed by atoms with E-state index in [-0.39, 0.29) is 29.6 Å². The predicted octanol–water partition coefficient (Wildman–Crippen LogP) is 2.75. The molecule has 1 N–H and O–H groups in total. The highest BCUT2D eigenvalue weighted by molar-refractivity contribution is 6.31. The maximum Gasteiger partial charge on any atom is 0.252 e. The molecule has 0 aliphatic carbocycles. The van der Waals surface area contributed by atoms with Crippen LogP contribution in [0.3, 0.4) is 0 Å². The number of nitrogens with one attached hydrogen (secondary N) is 1. The summed E-state index contributed by atoms with van der Waals surface area (Å²) in [5.74, 6) is 0. The van der Waals surface area contributed by atoms with Crippen LogP contribution in [0.4, 0.5) is 0 Å². The minimum absolute atomic E-state index is 0. The van der Waals surface area contributed by atoms with Gasteiger partial charge in [0.15, 0.2) is 0 Å². The fourth-order valence-corrected chi connectivity index (χ4v) is 5.00. The molecule has 0 aromatic carbocycles. The molecular formula is C23H27Cl2N5O2. The first-order chi connectivity index (χ1) is 15.0. The van der Waals surface area contributed by atoms with E-state index < -0.39 is 0 Å². The SMILES string of the molecule is Cc1ncc(CNC2CCN(C[C@@H]3Cn4c(=O)ccc5ccc(=O)n3c54)CC2)cc1Cl.Cl. The third-order valence-corrected chi connectivity index (χ3v) is 6.93. The van der Waals surface area contributed by atoms with Gasteiger partial charge in [-0.3, -0.25) is 23.7 Å². The van der Waals surface area contributed by atoms with Crippen molar-refractivity contribution in [2.75, 3.05) is 19.6 Å². The average molecular weight is 476 g/mol. The van der Waals surface area contributed by atoms with Gasteiger partial charge >= 0.3 is 0 Å². The molecule has 0 bridgehead atoms. The Morgan fingerprint density at radius 3 is 2.56 bits per heavy atom. The summed E-state index contributed by atoms with van der Waals surface area (Å²) >= 11 is 6.18. The summed E-state index contributed by atoms with van der Waals surface area (Å²) in [6.45, 7) is 5.95. The number of hydrogen-bond donors (Lipinski definition) is 1. The summed E-state index contributed by atoms with van der Waals surface area (Å²) in [5.41, 5.74) is 2.63. The third-order valence-electron chi connectivity index (χ3n) is 6.55. The second kappa shape index (κ2) is 9.35. The second-order valence-corrected chi connectivity index (χ2v) is 9.03. The zero-order valence-corrected chi connectivity index (χ0v) is 19.5. The van der Waals surface area contributed by atoms with Gasteiger partial charge in [-0.1, -0.05) is 11.6 Å². The first-order valence-electron chi connectivity index (χ1n) is 10.8. The summed E-state index contributed by atoms with van der Waals surface area (Å²) in [7, 11) is 0. The van der Waals surface area contributed by atoms with E-state index in [2.05, 4.69) is 15.2 Å². The predicted molar refractivity (Wildman–Crippen MR) is 129 cm³/mol. The van der Waals surface area contributed by atoms with E-state index >= 15 is 0 Å². The molecular weight excluding hydrogens is 449 g/mol. The summed E-state index contributed by atoms with van der Waals surface area (Å²) < 4.78 is 3.56. The van der Waals surface area contributed by atoms with Gasteiger partial charge < -0.3 is 10.2 Å². The number of pyridine rings is 3. The Hall–Kier alpha value is -2.19. The fraction of sp³-hybridized carbons (Fsp3) is 0.435. The van der Waals surface area contributed by atoms with Gasteiger partial charge in [0.05, 0.1) is 16.8 Å². The molecule has 9 heteroatoms. The van der Waals surface area contributed by atoms with Crippen molar-refractivity contribution in [2.24, 2.45) is 0 Å². The molecule has 3 aromatic heterocycles. The topological polar surface area (TPSA) is 72.2 Å². The normalized spacial score (nSPS) is 18.8. The van der Waals surface area contributed by atoms with Crippen LogP contribution in [0.2, 0.25) is 5.02 Å². The Bertz CT molecular complexity index is 1240. The monoisotopic (exact) mass is 475 g/mol. The van der Waals surface area contributed by atoms with Crippen LogP contribution in [-0.4, -0.2) is 44.7 Å². The molecule has 1 atom stereocenters. The number of piperidine rings is 1. The smallest absolute Gasteiger partial charge is 0.252 e. The number of aryl methyl sites for hydroxylation is 1. The first-order valence-corrected chi connectivity index (χ1v) is 11.2. The van der Waals surface area contributed by atoms with Crippen LogP contribution >= 0.6 is 24.0 Å². The number of hydrogen-bond acceptors (Lipinski definition) is 5. The molecule has 0 radical (unpaired) electrons. The third kappa shape index (κ3) is 4.35. The number of nitrogens with zero attached hydrogens (tertiary/aromatic N) is 4. The quantitative estimate of drug-likeness (QED) is 0.613. The first kappa shape index (κ1) is 23.0. The lowest BCUT2D eigenvalue weighted by molar-refractivity contribution is 0.171. The van der Waals surface area contributed by atoms with Crippen LogP contribution in [0.1, 0.15) is 30.1 Å². The molecule has 3 aromatic rings. The molecule has 32 heavy (non-hydrogen) atoms. The molecule has 7 nitrogen and oxygen atoms in total. The highest BCUT2D eigenvalue weighted by atomic mass is 35.5. The average Bonchev–Trinajstić information content (AvgIpc) is 3.15. The molecule has 5 heterocycles. The van der Waals surface area contributed by atoms with E-state index in [9.17, 15) is 9.59 Å². The van der Waals surface area contributed by atoms with Gasteiger partial charge in [0.25, 0.3) is 11.1 Å². The van der Waals surface area contributed by atoms with Gasteiger partial charge in [0, 0.05) is 49.4 Å². The Balaban J connectivity index is 0.00000245. The van der Waals surface area contributed by atoms with E-state index in [4.69, 9.17) is 11.6 Å². The van der Waals surface area contributed by atoms with Crippen LogP contribution < -0.4 is 16.4 Å². The molecule has 0 unspecified atom stereocenters. The zero-order valence-electron chi connectivity index (χ0n) is 18.0. The molecule has 2 aliphatic rings. The van der Waals surface area contributed by atoms with Crippen LogP contribution in [0.25, 0.3) is 11.0 Å². The summed E-state index contributed by atoms with van der Waals surface area (Å²) in [6.07, 6.45) is 3.97. The summed E-state index contributed by atoms with van der Waals surface area (Å²) in [4.78, 5) is 31.7. The lowest BCUT2D eigenvalue weighted by Crippen LogP contribution is -2.44. The number of likely N-dealkylation sites (tertiary alicyclic amines) is 1. The number of halogens is 2. The van der Waals surface area contributed by atoms with Crippen molar-refractivity contribution in [2.45, 2.75) is 44.9 Å². The van der Waals surface area contributed by atoms with Crippen molar-refractivity contribution < 1.29 is 0 Å². The highest BCUT2D eigenvalue weighted by Gasteiger charge is 2.29. The fourth-order valence-electron chi connectivity index (χ4n) is 4.81. The van der Waals surface area contributed by atoms with Gasteiger partial charge in [0.2, 0.25) is 0 Å². The minimum Gasteiger partial charge on any atom is -0.310 e. The van der Waals surface area contributed by atoms with E-state index in [0.717, 1.165) is 61.3 Å². The van der Waals surface area contributed by atoms with Crippen molar-refractivity contribution in [3.63, 3.8) is 0 Å². The standard InChI is InChI=1S/C23H26ClN5O2.ClH/c1-15-20(24)10-16(11-25-15)12-26-18-6-8-27(9-7-18)13-19-14-28-21(30)4-2-17-3-5-22(31)29(19)23(17)28;/h2-5,10-11,18-19,26H,6-9,12-14H2,1H3;1H/t19-;/m1./s1. The molecule has 1 fully saturated rings. The number of aromatic nitrogens is 3. The van der Waals surface area contributed by atoms with E-state index in [1.807, 2.05) is 23.8 Å². The molecule has 0 spiro atoms. The van der Waals surface area contributed by atoms with Crippen molar-refractivity contribution in [3.05, 3.63) is 73.5 Å². The Morgan fingerprint density at radius 1 is 1.12 bits per heavy atom. The minimum atomic E-state index is -0.0389. The Labute approximate surface area is 197 Å². The van der Waals surface area contributed by atoms with Crippen LogP contribution in [0.5, 0.6) is 0 Å².